The number of oxazole rings is 1. The first-order valence-corrected chi connectivity index (χ1v) is 6.15. The zero-order valence-electron chi connectivity index (χ0n) is 10.3. The molecule has 96 valence electrons. The minimum absolute atomic E-state index is 0.0517. The molecule has 1 unspecified atom stereocenters. The Morgan fingerprint density at radius 1 is 1.47 bits per heavy atom. The summed E-state index contributed by atoms with van der Waals surface area (Å²) < 4.78 is 10.7. The number of ether oxygens (including phenoxy) is 1. The first kappa shape index (κ1) is 12.5. The summed E-state index contributed by atoms with van der Waals surface area (Å²) in [4.78, 5) is 6.73. The first-order valence-electron chi connectivity index (χ1n) is 6.15. The van der Waals surface area contributed by atoms with Crippen LogP contribution in [-0.4, -0.2) is 54.4 Å². The molecule has 1 atom stereocenters. The molecule has 0 saturated carbocycles. The average molecular weight is 240 g/mol. The van der Waals surface area contributed by atoms with Crippen molar-refractivity contribution >= 4 is 0 Å². The van der Waals surface area contributed by atoms with Crippen molar-refractivity contribution in [3.05, 3.63) is 17.8 Å². The molecule has 1 aliphatic rings. The van der Waals surface area contributed by atoms with E-state index in [-0.39, 0.29) is 12.5 Å². The molecule has 1 saturated heterocycles. The van der Waals surface area contributed by atoms with Gasteiger partial charge in [0.05, 0.1) is 25.5 Å². The molecule has 1 aromatic rings. The summed E-state index contributed by atoms with van der Waals surface area (Å²) in [7, 11) is 0. The monoisotopic (exact) mass is 240 g/mol. The zero-order chi connectivity index (χ0) is 12.1. The standard InChI is InChI=1S/C12H20N2O3/c1-10(8-15)11-9-17-12(13-11)2-3-14-4-6-16-7-5-14/h9-10,15H,2-8H2,1H3. The van der Waals surface area contributed by atoms with Gasteiger partial charge in [-0.3, -0.25) is 4.90 Å². The van der Waals surface area contributed by atoms with Crippen LogP contribution in [0.1, 0.15) is 24.4 Å². The van der Waals surface area contributed by atoms with Gasteiger partial charge >= 0.3 is 0 Å². The van der Waals surface area contributed by atoms with Crippen LogP contribution >= 0.6 is 0 Å². The summed E-state index contributed by atoms with van der Waals surface area (Å²) in [5, 5.41) is 9.03. The van der Waals surface area contributed by atoms with E-state index in [1.165, 1.54) is 0 Å². The van der Waals surface area contributed by atoms with E-state index in [9.17, 15) is 0 Å². The first-order chi connectivity index (χ1) is 8.29. The number of hydrogen-bond acceptors (Lipinski definition) is 5. The third kappa shape index (κ3) is 3.52. The van der Waals surface area contributed by atoms with Crippen LogP contribution in [0.25, 0.3) is 0 Å². The lowest BCUT2D eigenvalue weighted by Crippen LogP contribution is -2.37. The molecule has 5 nitrogen and oxygen atoms in total. The molecule has 1 fully saturated rings. The molecule has 1 N–H and O–H groups in total. The van der Waals surface area contributed by atoms with Crippen LogP contribution in [0.5, 0.6) is 0 Å². The number of hydrogen-bond donors (Lipinski definition) is 1. The van der Waals surface area contributed by atoms with Crippen LogP contribution in [-0.2, 0) is 11.2 Å². The summed E-state index contributed by atoms with van der Waals surface area (Å²) in [6.45, 7) is 6.61. The van der Waals surface area contributed by atoms with Crippen molar-refractivity contribution in [1.29, 1.82) is 0 Å². The van der Waals surface area contributed by atoms with Crippen LogP contribution in [0.2, 0.25) is 0 Å². The van der Waals surface area contributed by atoms with Crippen molar-refractivity contribution in [3.8, 4) is 0 Å². The van der Waals surface area contributed by atoms with E-state index in [0.717, 1.165) is 50.9 Å². The van der Waals surface area contributed by atoms with Crippen molar-refractivity contribution < 1.29 is 14.3 Å². The van der Waals surface area contributed by atoms with E-state index in [0.29, 0.717) is 0 Å². The molecule has 1 aliphatic heterocycles. The fourth-order valence-electron chi connectivity index (χ4n) is 1.84. The highest BCUT2D eigenvalue weighted by Gasteiger charge is 2.13. The van der Waals surface area contributed by atoms with Gasteiger partial charge in [-0.1, -0.05) is 6.92 Å². The molecule has 0 spiro atoms. The quantitative estimate of drug-likeness (QED) is 0.818. The number of rotatable bonds is 5. The smallest absolute Gasteiger partial charge is 0.195 e. The fourth-order valence-corrected chi connectivity index (χ4v) is 1.84. The molecule has 2 heterocycles. The molecule has 0 aliphatic carbocycles. The molecule has 0 radical (unpaired) electrons. The second-order valence-corrected chi connectivity index (χ2v) is 4.45. The molecule has 17 heavy (non-hydrogen) atoms. The van der Waals surface area contributed by atoms with Gasteiger partial charge in [0.1, 0.15) is 6.26 Å². The lowest BCUT2D eigenvalue weighted by molar-refractivity contribution is 0.0377. The molecule has 0 amide bonds. The Balaban J connectivity index is 1.80. The van der Waals surface area contributed by atoms with Gasteiger partial charge in [0.25, 0.3) is 0 Å². The summed E-state index contributed by atoms with van der Waals surface area (Å²) in [5.74, 6) is 0.808. The van der Waals surface area contributed by atoms with Gasteiger partial charge in [0.15, 0.2) is 5.89 Å². The van der Waals surface area contributed by atoms with E-state index in [1.54, 1.807) is 6.26 Å². The van der Waals surface area contributed by atoms with Crippen molar-refractivity contribution in [2.24, 2.45) is 0 Å². The Morgan fingerprint density at radius 3 is 2.94 bits per heavy atom. The molecular formula is C12H20N2O3. The summed E-state index contributed by atoms with van der Waals surface area (Å²) in [6, 6.07) is 0. The number of morpholine rings is 1. The third-order valence-electron chi connectivity index (χ3n) is 3.09. The Kier molecular flexibility index (Phi) is 4.53. The summed E-state index contributed by atoms with van der Waals surface area (Å²) >= 11 is 0. The van der Waals surface area contributed by atoms with Crippen molar-refractivity contribution in [1.82, 2.24) is 9.88 Å². The Morgan fingerprint density at radius 2 is 2.24 bits per heavy atom. The minimum Gasteiger partial charge on any atom is -0.449 e. The summed E-state index contributed by atoms with van der Waals surface area (Å²) in [5.41, 5.74) is 0.837. The van der Waals surface area contributed by atoms with E-state index >= 15 is 0 Å². The van der Waals surface area contributed by atoms with E-state index < -0.39 is 0 Å². The zero-order valence-corrected chi connectivity index (χ0v) is 10.3. The van der Waals surface area contributed by atoms with Gasteiger partial charge in [-0.25, -0.2) is 4.98 Å². The summed E-state index contributed by atoms with van der Waals surface area (Å²) in [6.07, 6.45) is 2.47. The van der Waals surface area contributed by atoms with Gasteiger partial charge < -0.3 is 14.3 Å². The Hall–Kier alpha value is -0.910. The van der Waals surface area contributed by atoms with Crippen LogP contribution < -0.4 is 0 Å². The average Bonchev–Trinajstić information content (AvgIpc) is 2.85. The topological polar surface area (TPSA) is 58.7 Å². The number of aliphatic hydroxyl groups is 1. The van der Waals surface area contributed by atoms with Crippen LogP contribution in [0.4, 0.5) is 0 Å². The third-order valence-corrected chi connectivity index (χ3v) is 3.09. The van der Waals surface area contributed by atoms with Gasteiger partial charge in [-0.15, -0.1) is 0 Å². The molecule has 0 bridgehead atoms. The minimum atomic E-state index is 0.0517. The van der Waals surface area contributed by atoms with Gasteiger partial charge in [0, 0.05) is 32.0 Å². The molecule has 2 rings (SSSR count). The number of aliphatic hydroxyl groups excluding tert-OH is 1. The number of aromatic nitrogens is 1. The van der Waals surface area contributed by atoms with Crippen molar-refractivity contribution in [2.75, 3.05) is 39.5 Å². The highest BCUT2D eigenvalue weighted by Crippen LogP contribution is 2.14. The van der Waals surface area contributed by atoms with Crippen LogP contribution in [0.15, 0.2) is 10.7 Å². The van der Waals surface area contributed by atoms with Gasteiger partial charge in [0.2, 0.25) is 0 Å². The predicted octanol–water partition coefficient (Wildman–Crippen LogP) is 0.645. The lowest BCUT2D eigenvalue weighted by atomic mass is 10.1. The molecule has 5 heteroatoms. The van der Waals surface area contributed by atoms with Gasteiger partial charge in [-0.05, 0) is 0 Å². The van der Waals surface area contributed by atoms with E-state index in [4.69, 9.17) is 14.3 Å². The maximum absolute atomic E-state index is 9.03. The Labute approximate surface area is 101 Å². The highest BCUT2D eigenvalue weighted by molar-refractivity contribution is 5.03. The predicted molar refractivity (Wildman–Crippen MR) is 63.0 cm³/mol. The van der Waals surface area contributed by atoms with Crippen LogP contribution in [0, 0.1) is 0 Å². The van der Waals surface area contributed by atoms with Crippen molar-refractivity contribution in [2.45, 2.75) is 19.3 Å². The normalized spacial score (nSPS) is 19.4. The second-order valence-electron chi connectivity index (χ2n) is 4.45. The van der Waals surface area contributed by atoms with E-state index in [1.807, 2.05) is 6.92 Å². The largest absolute Gasteiger partial charge is 0.449 e. The second kappa shape index (κ2) is 6.14. The maximum Gasteiger partial charge on any atom is 0.195 e. The lowest BCUT2D eigenvalue weighted by Gasteiger charge is -2.25. The van der Waals surface area contributed by atoms with Gasteiger partial charge in [-0.2, -0.15) is 0 Å². The number of nitrogens with zero attached hydrogens (tertiary/aromatic N) is 2. The van der Waals surface area contributed by atoms with Crippen molar-refractivity contribution in [3.63, 3.8) is 0 Å². The molecule has 1 aromatic heterocycles. The SMILES string of the molecule is CC(CO)c1coc(CCN2CCOCC2)n1. The highest BCUT2D eigenvalue weighted by atomic mass is 16.5. The van der Waals surface area contributed by atoms with Crippen LogP contribution in [0.3, 0.4) is 0 Å². The maximum atomic E-state index is 9.03. The van der Waals surface area contributed by atoms with E-state index in [2.05, 4.69) is 9.88 Å². The fraction of sp³-hybridized carbons (Fsp3) is 0.750. The molecule has 0 aromatic carbocycles. The molecular weight excluding hydrogens is 220 g/mol. The Bertz CT molecular complexity index is 334.